The lowest BCUT2D eigenvalue weighted by Crippen LogP contribution is -2.12. The second-order valence-corrected chi connectivity index (χ2v) is 4.17. The fraction of sp³-hybridized carbons (Fsp3) is 0.154. The first kappa shape index (κ1) is 11.1. The normalized spacial score (nSPS) is 12.4. The third-order valence-corrected chi connectivity index (χ3v) is 2.96. The van der Waals surface area contributed by atoms with Crippen LogP contribution in [0.4, 0.5) is 13.2 Å². The molecule has 92 valence electrons. The highest BCUT2D eigenvalue weighted by Crippen LogP contribution is 2.33. The molecule has 0 spiro atoms. The zero-order chi connectivity index (χ0) is 12.9. The van der Waals surface area contributed by atoms with Crippen LogP contribution < -0.4 is 0 Å². The van der Waals surface area contributed by atoms with Gasteiger partial charge in [0, 0.05) is 17.3 Å². The van der Waals surface area contributed by atoms with Gasteiger partial charge in [0.15, 0.2) is 0 Å². The molecule has 0 aliphatic rings. The molecule has 0 radical (unpaired) electrons. The zero-order valence-electron chi connectivity index (χ0n) is 9.49. The van der Waals surface area contributed by atoms with Crippen molar-refractivity contribution in [3.05, 3.63) is 47.9 Å². The Bertz CT molecular complexity index is 741. The minimum atomic E-state index is -4.40. The van der Waals surface area contributed by atoms with Crippen molar-refractivity contribution in [2.45, 2.75) is 13.1 Å². The average molecular weight is 250 g/mol. The van der Waals surface area contributed by atoms with E-state index in [0.29, 0.717) is 16.7 Å². The molecule has 2 nitrogen and oxygen atoms in total. The standard InChI is InChI=1S/C13H9F3N2/c1-8-7-17-12-10-5-3-2-4-9(10)6-11(18(8)12)13(14,15)16/h2-7H,1H3. The minimum Gasteiger partial charge on any atom is -0.292 e. The fourth-order valence-corrected chi connectivity index (χ4v) is 2.18. The topological polar surface area (TPSA) is 17.3 Å². The number of rotatable bonds is 0. The van der Waals surface area contributed by atoms with Gasteiger partial charge in [-0.05, 0) is 18.4 Å². The summed E-state index contributed by atoms with van der Waals surface area (Å²) in [5, 5.41) is 1.27. The summed E-state index contributed by atoms with van der Waals surface area (Å²) in [5.41, 5.74) is 0.132. The second kappa shape index (κ2) is 3.48. The number of imidazole rings is 1. The molecule has 2 aromatic heterocycles. The highest BCUT2D eigenvalue weighted by Gasteiger charge is 2.34. The maximum atomic E-state index is 13.1. The molecule has 0 bridgehead atoms. The molecule has 0 unspecified atom stereocenters. The van der Waals surface area contributed by atoms with Gasteiger partial charge in [0.1, 0.15) is 11.3 Å². The molecular formula is C13H9F3N2. The number of aromatic nitrogens is 2. The Hall–Kier alpha value is -2.04. The first-order chi connectivity index (χ1) is 8.48. The van der Waals surface area contributed by atoms with Crippen LogP contribution in [-0.2, 0) is 6.18 Å². The molecule has 5 heteroatoms. The van der Waals surface area contributed by atoms with Crippen molar-refractivity contribution in [1.29, 1.82) is 0 Å². The third-order valence-electron chi connectivity index (χ3n) is 2.96. The van der Waals surface area contributed by atoms with Gasteiger partial charge in [-0.2, -0.15) is 13.2 Å². The Balaban J connectivity index is 2.57. The van der Waals surface area contributed by atoms with Crippen molar-refractivity contribution in [1.82, 2.24) is 9.38 Å². The molecule has 1 aromatic carbocycles. The van der Waals surface area contributed by atoms with Crippen LogP contribution >= 0.6 is 0 Å². The monoisotopic (exact) mass is 250 g/mol. The Morgan fingerprint density at radius 1 is 1.17 bits per heavy atom. The van der Waals surface area contributed by atoms with Crippen LogP contribution in [0.2, 0.25) is 0 Å². The van der Waals surface area contributed by atoms with E-state index in [1.54, 1.807) is 31.2 Å². The summed E-state index contributed by atoms with van der Waals surface area (Å²) in [6.07, 6.45) is -2.94. The summed E-state index contributed by atoms with van der Waals surface area (Å²) in [6.45, 7) is 1.62. The van der Waals surface area contributed by atoms with Crippen LogP contribution in [0.5, 0.6) is 0 Å². The van der Waals surface area contributed by atoms with E-state index in [1.807, 2.05) is 0 Å². The largest absolute Gasteiger partial charge is 0.431 e. The van der Waals surface area contributed by atoms with Crippen LogP contribution in [0.3, 0.4) is 0 Å². The Kier molecular flexibility index (Phi) is 2.14. The van der Waals surface area contributed by atoms with E-state index in [2.05, 4.69) is 4.98 Å². The first-order valence-corrected chi connectivity index (χ1v) is 5.41. The van der Waals surface area contributed by atoms with E-state index in [-0.39, 0.29) is 0 Å². The van der Waals surface area contributed by atoms with E-state index in [4.69, 9.17) is 0 Å². The van der Waals surface area contributed by atoms with Crippen molar-refractivity contribution < 1.29 is 13.2 Å². The molecule has 0 atom stereocenters. The summed E-state index contributed by atoms with van der Waals surface area (Å²) < 4.78 is 40.3. The molecule has 18 heavy (non-hydrogen) atoms. The first-order valence-electron chi connectivity index (χ1n) is 5.41. The van der Waals surface area contributed by atoms with Crippen LogP contribution in [0, 0.1) is 6.92 Å². The number of pyridine rings is 1. The lowest BCUT2D eigenvalue weighted by atomic mass is 10.1. The Morgan fingerprint density at radius 2 is 1.89 bits per heavy atom. The van der Waals surface area contributed by atoms with Crippen LogP contribution in [0.25, 0.3) is 16.4 Å². The van der Waals surface area contributed by atoms with Crippen molar-refractivity contribution in [2.24, 2.45) is 0 Å². The molecule has 2 heterocycles. The van der Waals surface area contributed by atoms with Crippen molar-refractivity contribution in [3.63, 3.8) is 0 Å². The quantitative estimate of drug-likeness (QED) is 0.593. The molecule has 0 fully saturated rings. The smallest absolute Gasteiger partial charge is 0.292 e. The summed E-state index contributed by atoms with van der Waals surface area (Å²) in [6, 6.07) is 8.11. The van der Waals surface area contributed by atoms with Crippen molar-refractivity contribution in [3.8, 4) is 0 Å². The van der Waals surface area contributed by atoms with Gasteiger partial charge >= 0.3 is 6.18 Å². The number of alkyl halides is 3. The molecule has 0 aliphatic carbocycles. The lowest BCUT2D eigenvalue weighted by molar-refractivity contribution is -0.142. The van der Waals surface area contributed by atoms with Gasteiger partial charge in [-0.1, -0.05) is 24.3 Å². The van der Waals surface area contributed by atoms with E-state index in [9.17, 15) is 13.2 Å². The number of aryl methyl sites for hydroxylation is 1. The molecule has 3 rings (SSSR count). The van der Waals surface area contributed by atoms with E-state index in [0.717, 1.165) is 15.9 Å². The van der Waals surface area contributed by atoms with Gasteiger partial charge in [-0.25, -0.2) is 4.98 Å². The SMILES string of the molecule is Cc1cnc2c3ccccc3cc(C(F)(F)F)n12. The lowest BCUT2D eigenvalue weighted by Gasteiger charge is -2.12. The number of halogens is 3. The van der Waals surface area contributed by atoms with Gasteiger partial charge in [0.25, 0.3) is 0 Å². The summed E-state index contributed by atoms with van der Waals surface area (Å²) in [7, 11) is 0. The molecule has 0 saturated heterocycles. The number of benzene rings is 1. The molecule has 0 aliphatic heterocycles. The highest BCUT2D eigenvalue weighted by atomic mass is 19.4. The molecular weight excluding hydrogens is 241 g/mol. The highest BCUT2D eigenvalue weighted by molar-refractivity contribution is 5.94. The predicted molar refractivity (Wildman–Crippen MR) is 62.4 cm³/mol. The summed E-state index contributed by atoms with van der Waals surface area (Å²) in [4.78, 5) is 4.08. The third kappa shape index (κ3) is 1.47. The van der Waals surface area contributed by atoms with Crippen LogP contribution in [-0.4, -0.2) is 9.38 Å². The summed E-state index contributed by atoms with van der Waals surface area (Å²) >= 11 is 0. The van der Waals surface area contributed by atoms with Gasteiger partial charge in [0.2, 0.25) is 0 Å². The van der Waals surface area contributed by atoms with E-state index in [1.165, 1.54) is 6.20 Å². The van der Waals surface area contributed by atoms with Gasteiger partial charge < -0.3 is 0 Å². The second-order valence-electron chi connectivity index (χ2n) is 4.17. The van der Waals surface area contributed by atoms with E-state index < -0.39 is 11.9 Å². The number of hydrogen-bond donors (Lipinski definition) is 0. The Morgan fingerprint density at radius 3 is 2.61 bits per heavy atom. The molecule has 0 saturated carbocycles. The summed E-state index contributed by atoms with van der Waals surface area (Å²) in [5.74, 6) is 0. The maximum Gasteiger partial charge on any atom is 0.431 e. The fourth-order valence-electron chi connectivity index (χ4n) is 2.18. The zero-order valence-corrected chi connectivity index (χ0v) is 9.49. The van der Waals surface area contributed by atoms with Gasteiger partial charge in [-0.15, -0.1) is 0 Å². The number of nitrogens with zero attached hydrogens (tertiary/aromatic N) is 2. The van der Waals surface area contributed by atoms with Crippen LogP contribution in [0.1, 0.15) is 11.4 Å². The average Bonchev–Trinajstić information content (AvgIpc) is 2.70. The van der Waals surface area contributed by atoms with Crippen molar-refractivity contribution >= 4 is 16.4 Å². The molecule has 0 amide bonds. The van der Waals surface area contributed by atoms with Crippen molar-refractivity contribution in [2.75, 3.05) is 0 Å². The predicted octanol–water partition coefficient (Wildman–Crippen LogP) is 3.81. The van der Waals surface area contributed by atoms with Gasteiger partial charge in [-0.3, -0.25) is 4.40 Å². The number of hydrogen-bond acceptors (Lipinski definition) is 1. The van der Waals surface area contributed by atoms with Crippen LogP contribution in [0.15, 0.2) is 36.5 Å². The van der Waals surface area contributed by atoms with Gasteiger partial charge in [0.05, 0.1) is 0 Å². The van der Waals surface area contributed by atoms with E-state index >= 15 is 0 Å². The molecule has 3 aromatic rings. The minimum absolute atomic E-state index is 0.345. The molecule has 0 N–H and O–H groups in total. The number of fused-ring (bicyclic) bond motifs is 3. The maximum absolute atomic E-state index is 13.1. The Labute approximate surface area is 101 Å².